The molecule has 0 spiro atoms. The van der Waals surface area contributed by atoms with Gasteiger partial charge in [0.25, 0.3) is 0 Å². The number of carbonyl (C=O) groups is 2. The van der Waals surface area contributed by atoms with E-state index in [1.807, 2.05) is 0 Å². The normalized spacial score (nSPS) is 11.6. The van der Waals surface area contributed by atoms with Crippen molar-refractivity contribution in [2.45, 2.75) is 52.4 Å². The first kappa shape index (κ1) is 50.4. The number of benzene rings is 4. The number of halogens is 8. The summed E-state index contributed by atoms with van der Waals surface area (Å²) in [5.41, 5.74) is 4.78. The molecule has 0 amide bonds. The van der Waals surface area contributed by atoms with Crippen LogP contribution in [0, 0.1) is 25.5 Å². The zero-order valence-electron chi connectivity index (χ0n) is 37.5. The predicted molar refractivity (Wildman–Crippen MR) is 243 cm³/mol. The van der Waals surface area contributed by atoms with E-state index in [4.69, 9.17) is 9.47 Å². The van der Waals surface area contributed by atoms with E-state index < -0.39 is 55.9 Å². The van der Waals surface area contributed by atoms with Gasteiger partial charge >= 0.3 is 18.3 Å². The Hall–Kier alpha value is -8.50. The maximum atomic E-state index is 14.2. The number of nitrogens with zero attached hydrogens (tertiary/aromatic N) is 6. The highest BCUT2D eigenvalue weighted by molar-refractivity contribution is 5.97. The van der Waals surface area contributed by atoms with Crippen LogP contribution in [0.5, 0.6) is 34.8 Å². The Kier molecular flexibility index (Phi) is 14.6. The van der Waals surface area contributed by atoms with Crippen LogP contribution in [0.4, 0.5) is 46.5 Å². The largest absolute Gasteiger partial charge is 0.508 e. The van der Waals surface area contributed by atoms with Crippen molar-refractivity contribution >= 4 is 34.4 Å². The summed E-state index contributed by atoms with van der Waals surface area (Å²) in [6.45, 7) is 4.32. The van der Waals surface area contributed by atoms with E-state index in [1.165, 1.54) is 63.9 Å². The topological polar surface area (TPSA) is 198 Å². The van der Waals surface area contributed by atoms with Crippen LogP contribution in [0.25, 0.3) is 33.8 Å². The number of ether oxygens (including phenoxy) is 2. The number of nitrogens with one attached hydrogen (secondary N) is 2. The van der Waals surface area contributed by atoms with E-state index in [1.54, 1.807) is 51.1 Å². The Balaban J connectivity index is 0.000000209. The monoisotopic (exact) mass is 992 g/mol. The minimum Gasteiger partial charge on any atom is -0.508 e. The molecular formula is C48H40F8N8O7. The van der Waals surface area contributed by atoms with Gasteiger partial charge in [-0.05, 0) is 67.4 Å². The zero-order chi connectivity index (χ0) is 51.4. The smallest absolute Gasteiger partial charge is 0.390 e. The number of carboxylic acid groups (broad SMARTS) is 1. The molecule has 0 aliphatic carbocycles. The molecule has 23 heteroatoms. The van der Waals surface area contributed by atoms with Crippen molar-refractivity contribution in [1.82, 2.24) is 29.2 Å². The van der Waals surface area contributed by atoms with Crippen molar-refractivity contribution in [3.63, 3.8) is 0 Å². The van der Waals surface area contributed by atoms with Crippen molar-refractivity contribution in [1.29, 1.82) is 0 Å². The van der Waals surface area contributed by atoms with E-state index >= 15 is 0 Å². The van der Waals surface area contributed by atoms with Gasteiger partial charge in [-0.15, -0.1) is 10.2 Å². The summed E-state index contributed by atoms with van der Waals surface area (Å²) >= 11 is 0. The maximum absolute atomic E-state index is 14.2. The number of phenolic OH excluding ortho intramolecular Hbond substituents is 2. The Morgan fingerprint density at radius 3 is 1.41 bits per heavy atom. The number of aromatic hydroxyl groups is 2. The fourth-order valence-electron chi connectivity index (χ4n) is 7.08. The van der Waals surface area contributed by atoms with Gasteiger partial charge in [-0.2, -0.15) is 26.3 Å². The third-order valence-corrected chi connectivity index (χ3v) is 10.5. The molecule has 0 aliphatic rings. The third-order valence-electron chi connectivity index (χ3n) is 10.5. The van der Waals surface area contributed by atoms with Gasteiger partial charge in [-0.3, -0.25) is 4.79 Å². The number of Topliss-reactive ketones (excluding diaryl/α,β-unsaturated/α-hetero) is 1. The number of alkyl halides is 6. The Bertz CT molecular complexity index is 3280. The second kappa shape index (κ2) is 20.6. The molecule has 370 valence electrons. The zero-order valence-corrected chi connectivity index (χ0v) is 37.5. The molecule has 0 fully saturated rings. The van der Waals surface area contributed by atoms with Crippen LogP contribution in [0.3, 0.4) is 0 Å². The van der Waals surface area contributed by atoms with Crippen LogP contribution in [0.15, 0.2) is 97.3 Å². The number of carbonyl (C=O) groups excluding carboxylic acids is 1. The average Bonchev–Trinajstić information content (AvgIpc) is 3.92. The highest BCUT2D eigenvalue weighted by atomic mass is 19.4. The van der Waals surface area contributed by atoms with Crippen LogP contribution in [-0.2, 0) is 0 Å². The van der Waals surface area contributed by atoms with E-state index in [2.05, 4.69) is 30.8 Å². The molecule has 0 saturated carbocycles. The molecule has 5 N–H and O–H groups in total. The molecular weight excluding hydrogens is 953 g/mol. The molecule has 0 bridgehead atoms. The summed E-state index contributed by atoms with van der Waals surface area (Å²) in [4.78, 5) is 32.0. The average molecular weight is 993 g/mol. The lowest BCUT2D eigenvalue weighted by atomic mass is 9.99. The number of fused-ring (bicyclic) bond motifs is 2. The molecule has 8 aromatic rings. The highest BCUT2D eigenvalue weighted by Crippen LogP contribution is 2.34. The molecule has 15 nitrogen and oxygen atoms in total. The predicted octanol–water partition coefficient (Wildman–Crippen LogP) is 11.7. The van der Waals surface area contributed by atoms with Gasteiger partial charge in [0.05, 0.1) is 53.6 Å². The lowest BCUT2D eigenvalue weighted by Crippen LogP contribution is -2.15. The lowest BCUT2D eigenvalue weighted by molar-refractivity contribution is -0.132. The Morgan fingerprint density at radius 2 is 1.04 bits per heavy atom. The summed E-state index contributed by atoms with van der Waals surface area (Å²) in [5.74, 6) is -4.19. The molecule has 0 saturated heterocycles. The third kappa shape index (κ3) is 12.2. The lowest BCUT2D eigenvalue weighted by Gasteiger charge is -2.13. The highest BCUT2D eigenvalue weighted by Gasteiger charge is 2.28. The van der Waals surface area contributed by atoms with Gasteiger partial charge in [0.1, 0.15) is 11.5 Å². The number of aryl methyl sites for hydroxylation is 2. The quantitative estimate of drug-likeness (QED) is 0.0481. The molecule has 8 rings (SSSR count). The summed E-state index contributed by atoms with van der Waals surface area (Å²) in [5, 5.41) is 42.1. The number of hydrogen-bond acceptors (Lipinski definition) is 12. The summed E-state index contributed by atoms with van der Waals surface area (Å²) in [7, 11) is 0. The fraction of sp³-hybridized carbons (Fsp3) is 0.208. The molecule has 0 atom stereocenters. The number of aromatic carboxylic acids is 1. The first-order chi connectivity index (χ1) is 33.6. The number of anilines is 2. The van der Waals surface area contributed by atoms with Gasteiger partial charge in [-0.1, -0.05) is 25.1 Å². The summed E-state index contributed by atoms with van der Waals surface area (Å²) in [6.07, 6.45) is -7.64. The number of carboxylic acids is 1. The molecule has 4 heterocycles. The van der Waals surface area contributed by atoms with Gasteiger partial charge in [0.15, 0.2) is 40.2 Å². The molecule has 0 radical (unpaired) electrons. The van der Waals surface area contributed by atoms with Crippen LogP contribution >= 0.6 is 0 Å². The first-order valence-electron chi connectivity index (χ1n) is 21.3. The maximum Gasteiger partial charge on any atom is 0.390 e. The summed E-state index contributed by atoms with van der Waals surface area (Å²) < 4.78 is 118. The van der Waals surface area contributed by atoms with Crippen LogP contribution in [-0.4, -0.2) is 81.7 Å². The molecule has 0 unspecified atom stereocenters. The number of imidazole rings is 2. The van der Waals surface area contributed by atoms with Crippen LogP contribution < -0.4 is 20.1 Å². The van der Waals surface area contributed by atoms with Gasteiger partial charge in [0, 0.05) is 60.5 Å². The fourth-order valence-corrected chi connectivity index (χ4v) is 7.08. The first-order valence-corrected chi connectivity index (χ1v) is 21.3. The molecule has 0 aliphatic heterocycles. The number of ketones is 1. The molecule has 4 aromatic carbocycles. The van der Waals surface area contributed by atoms with Gasteiger partial charge in [-0.25, -0.2) is 32.6 Å². The van der Waals surface area contributed by atoms with Crippen molar-refractivity contribution in [2.24, 2.45) is 0 Å². The van der Waals surface area contributed by atoms with Crippen molar-refractivity contribution < 1.29 is 69.5 Å². The Morgan fingerprint density at radius 1 is 0.620 bits per heavy atom. The van der Waals surface area contributed by atoms with E-state index in [9.17, 15) is 60.0 Å². The SMILES string of the molecule is CCC(=O)c1ccc(-c2cnc3c(NCCC(F)(F)F)cc(Oc4ccc(O)cc4F)nn23)cc1C.Cc1cc(-c2cnc3c(NCCC(F)(F)F)cc(Oc4ccc(O)cc4F)nn23)ccc1C(=O)O. The molecule has 71 heavy (non-hydrogen) atoms. The summed E-state index contributed by atoms with van der Waals surface area (Å²) in [6, 6.07) is 18.9. The van der Waals surface area contributed by atoms with Crippen molar-refractivity contribution in [3.8, 4) is 57.3 Å². The van der Waals surface area contributed by atoms with Crippen molar-refractivity contribution in [3.05, 3.63) is 131 Å². The van der Waals surface area contributed by atoms with Crippen LogP contribution in [0.2, 0.25) is 0 Å². The number of aromatic nitrogens is 6. The van der Waals surface area contributed by atoms with Crippen LogP contribution in [0.1, 0.15) is 58.0 Å². The van der Waals surface area contributed by atoms with E-state index in [-0.39, 0.29) is 68.8 Å². The Labute approximate surface area is 397 Å². The minimum absolute atomic E-state index is 0.00178. The number of phenols is 2. The number of rotatable bonds is 15. The van der Waals surface area contributed by atoms with E-state index in [0.717, 1.165) is 17.7 Å². The van der Waals surface area contributed by atoms with Gasteiger partial charge < -0.3 is 35.4 Å². The van der Waals surface area contributed by atoms with Crippen molar-refractivity contribution in [2.75, 3.05) is 23.7 Å². The second-order valence-electron chi connectivity index (χ2n) is 15.7. The standard InChI is InChI=1S/C25H22F4N4O3.C23H18F4N4O4/c1-3-21(35)17-6-4-15(10-14(17)2)20-13-31-24-19(30-9-8-25(27,28)29)12-23(32-33(20)24)36-22-7-5-16(34)11-18(22)26;1-12-8-13(2-4-15(12)22(33)34)18-11-29-21-17(28-7-6-23(25,26)27)10-20(30-31(18)21)35-19-5-3-14(32)9-16(19)24/h4-7,10-13,30,34H,3,8-9H2,1-2H3;2-5,8-11,28,32H,6-7H2,1H3,(H,33,34). The minimum atomic E-state index is -4.38. The van der Waals surface area contributed by atoms with Gasteiger partial charge in [0.2, 0.25) is 11.8 Å². The van der Waals surface area contributed by atoms with E-state index in [0.29, 0.717) is 40.1 Å². The number of hydrogen-bond donors (Lipinski definition) is 5. The molecule has 4 aromatic heterocycles. The second-order valence-corrected chi connectivity index (χ2v) is 15.7.